The minimum atomic E-state index is -1.20. The Bertz CT molecular complexity index is 822. The molecule has 2 aromatic rings. The van der Waals surface area contributed by atoms with Gasteiger partial charge in [0.05, 0.1) is 0 Å². The maximum atomic E-state index is 12.7. The molecule has 1 heterocycles. The van der Waals surface area contributed by atoms with E-state index in [1.807, 2.05) is 12.1 Å². The maximum Gasteiger partial charge on any atom is 0.315 e. The Morgan fingerprint density at radius 1 is 1.04 bits per heavy atom. The second-order valence-corrected chi connectivity index (χ2v) is 6.63. The zero-order valence-corrected chi connectivity index (χ0v) is 15.3. The van der Waals surface area contributed by atoms with Crippen LogP contribution in [0.25, 0.3) is 0 Å². The van der Waals surface area contributed by atoms with E-state index in [1.165, 1.54) is 0 Å². The van der Waals surface area contributed by atoms with Crippen molar-refractivity contribution in [1.29, 1.82) is 0 Å². The fraction of sp³-hybridized carbons (Fsp3) is 0.333. The molecular formula is C21H23NO5. The summed E-state index contributed by atoms with van der Waals surface area (Å²) in [6.45, 7) is 3.52. The molecule has 6 nitrogen and oxygen atoms in total. The van der Waals surface area contributed by atoms with Gasteiger partial charge >= 0.3 is 5.97 Å². The molecule has 2 N–H and O–H groups in total. The first-order chi connectivity index (χ1) is 13.0. The molecule has 0 saturated heterocycles. The summed E-state index contributed by atoms with van der Waals surface area (Å²) in [5, 5.41) is 12.6. The van der Waals surface area contributed by atoms with Crippen molar-refractivity contribution in [2.24, 2.45) is 0 Å². The van der Waals surface area contributed by atoms with Crippen LogP contribution >= 0.6 is 0 Å². The van der Waals surface area contributed by atoms with Gasteiger partial charge in [-0.05, 0) is 31.0 Å². The molecule has 0 bridgehead atoms. The van der Waals surface area contributed by atoms with Gasteiger partial charge in [0.2, 0.25) is 6.10 Å². The highest BCUT2D eigenvalue weighted by Gasteiger charge is 2.41. The van der Waals surface area contributed by atoms with E-state index in [1.54, 1.807) is 56.3 Å². The number of benzene rings is 2. The number of amides is 1. The van der Waals surface area contributed by atoms with Crippen LogP contribution in [0.15, 0.2) is 54.6 Å². The van der Waals surface area contributed by atoms with Gasteiger partial charge in [-0.15, -0.1) is 0 Å². The molecule has 0 saturated carbocycles. The predicted molar refractivity (Wildman–Crippen MR) is 100 cm³/mol. The molecule has 142 valence electrons. The SMILES string of the molecule is CCC(CNC(=O)C1Oc2ccccc2OC1C)(C(=O)O)c1ccccc1. The third-order valence-corrected chi connectivity index (χ3v) is 5.00. The van der Waals surface area contributed by atoms with E-state index in [9.17, 15) is 14.7 Å². The highest BCUT2D eigenvalue weighted by Crippen LogP contribution is 2.34. The Kier molecular flexibility index (Phi) is 5.35. The van der Waals surface area contributed by atoms with Gasteiger partial charge < -0.3 is 19.9 Å². The number of carbonyl (C=O) groups is 2. The molecule has 0 aromatic heterocycles. The molecule has 3 rings (SSSR count). The maximum absolute atomic E-state index is 12.7. The lowest BCUT2D eigenvalue weighted by atomic mass is 9.78. The van der Waals surface area contributed by atoms with Crippen LogP contribution in [0.3, 0.4) is 0 Å². The second-order valence-electron chi connectivity index (χ2n) is 6.63. The highest BCUT2D eigenvalue weighted by molar-refractivity contribution is 5.85. The minimum Gasteiger partial charge on any atom is -0.482 e. The summed E-state index contributed by atoms with van der Waals surface area (Å²) in [5.41, 5.74) is -0.548. The summed E-state index contributed by atoms with van der Waals surface area (Å²) in [6, 6.07) is 16.1. The minimum absolute atomic E-state index is 0.0318. The van der Waals surface area contributed by atoms with Crippen molar-refractivity contribution in [2.45, 2.75) is 37.9 Å². The molecule has 2 aromatic carbocycles. The molecule has 1 aliphatic heterocycles. The van der Waals surface area contributed by atoms with Crippen LogP contribution in [-0.2, 0) is 15.0 Å². The largest absolute Gasteiger partial charge is 0.482 e. The van der Waals surface area contributed by atoms with Crippen LogP contribution in [0.1, 0.15) is 25.8 Å². The summed E-state index contributed by atoms with van der Waals surface area (Å²) in [6.07, 6.45) is -0.996. The molecule has 0 spiro atoms. The van der Waals surface area contributed by atoms with Crippen LogP contribution in [0, 0.1) is 0 Å². The van der Waals surface area contributed by atoms with Gasteiger partial charge in [-0.25, -0.2) is 0 Å². The van der Waals surface area contributed by atoms with Gasteiger partial charge in [0.1, 0.15) is 11.5 Å². The number of rotatable bonds is 6. The van der Waals surface area contributed by atoms with Crippen LogP contribution in [0.5, 0.6) is 11.5 Å². The van der Waals surface area contributed by atoms with E-state index in [4.69, 9.17) is 9.47 Å². The first-order valence-corrected chi connectivity index (χ1v) is 8.97. The number of carboxylic acid groups (broad SMARTS) is 1. The predicted octanol–water partition coefficient (Wildman–Crippen LogP) is 2.76. The van der Waals surface area contributed by atoms with Crippen molar-refractivity contribution in [3.05, 3.63) is 60.2 Å². The summed E-state index contributed by atoms with van der Waals surface area (Å²) in [5.74, 6) is -0.284. The molecule has 0 aliphatic carbocycles. The van der Waals surface area contributed by atoms with Crippen molar-refractivity contribution in [1.82, 2.24) is 5.32 Å². The quantitative estimate of drug-likeness (QED) is 0.818. The summed E-state index contributed by atoms with van der Waals surface area (Å²) in [4.78, 5) is 24.8. The monoisotopic (exact) mass is 369 g/mol. The molecular weight excluding hydrogens is 346 g/mol. The van der Waals surface area contributed by atoms with Crippen molar-refractivity contribution >= 4 is 11.9 Å². The van der Waals surface area contributed by atoms with Crippen LogP contribution < -0.4 is 14.8 Å². The second kappa shape index (κ2) is 7.70. The van der Waals surface area contributed by atoms with Crippen molar-refractivity contribution in [2.75, 3.05) is 6.54 Å². The van der Waals surface area contributed by atoms with E-state index in [-0.39, 0.29) is 6.54 Å². The summed E-state index contributed by atoms with van der Waals surface area (Å²) < 4.78 is 11.5. The first-order valence-electron chi connectivity index (χ1n) is 8.97. The number of aliphatic carboxylic acids is 1. The Hall–Kier alpha value is -3.02. The van der Waals surface area contributed by atoms with Gasteiger partial charge in [-0.1, -0.05) is 49.4 Å². The van der Waals surface area contributed by atoms with Gasteiger partial charge in [0, 0.05) is 6.54 Å². The summed E-state index contributed by atoms with van der Waals surface area (Å²) >= 11 is 0. The molecule has 3 unspecified atom stereocenters. The van der Waals surface area contributed by atoms with Gasteiger partial charge in [-0.3, -0.25) is 9.59 Å². The molecule has 0 fully saturated rings. The van der Waals surface area contributed by atoms with E-state index in [0.717, 1.165) is 0 Å². The van der Waals surface area contributed by atoms with Gasteiger partial charge in [0.15, 0.2) is 11.5 Å². The smallest absolute Gasteiger partial charge is 0.315 e. The lowest BCUT2D eigenvalue weighted by Crippen LogP contribution is -2.53. The lowest BCUT2D eigenvalue weighted by molar-refractivity contribution is -0.144. The lowest BCUT2D eigenvalue weighted by Gasteiger charge is -2.33. The third-order valence-electron chi connectivity index (χ3n) is 5.00. The standard InChI is InChI=1S/C21H23NO5/c1-3-21(20(24)25,15-9-5-4-6-10-15)13-22-19(23)18-14(2)26-16-11-7-8-12-17(16)27-18/h4-12,14,18H,3,13H2,1-2H3,(H,22,23)(H,24,25). The highest BCUT2D eigenvalue weighted by atomic mass is 16.6. The van der Waals surface area contributed by atoms with Gasteiger partial charge in [0.25, 0.3) is 5.91 Å². The van der Waals surface area contributed by atoms with Crippen molar-refractivity contribution in [3.8, 4) is 11.5 Å². The molecule has 1 amide bonds. The van der Waals surface area contributed by atoms with E-state index < -0.39 is 29.5 Å². The third kappa shape index (κ3) is 3.60. The van der Waals surface area contributed by atoms with Crippen molar-refractivity contribution in [3.63, 3.8) is 0 Å². The number of hydrogen-bond donors (Lipinski definition) is 2. The van der Waals surface area contributed by atoms with Crippen molar-refractivity contribution < 1.29 is 24.2 Å². The van der Waals surface area contributed by atoms with Crippen LogP contribution in [-0.4, -0.2) is 35.7 Å². The Labute approximate surface area is 158 Å². The van der Waals surface area contributed by atoms with E-state index in [0.29, 0.717) is 23.5 Å². The Balaban J connectivity index is 1.76. The fourth-order valence-electron chi connectivity index (χ4n) is 3.28. The molecule has 0 radical (unpaired) electrons. The number of hydrogen-bond acceptors (Lipinski definition) is 4. The fourth-order valence-corrected chi connectivity index (χ4v) is 3.28. The number of fused-ring (bicyclic) bond motifs is 1. The number of nitrogens with one attached hydrogen (secondary N) is 1. The number of para-hydroxylation sites is 2. The normalized spacial score (nSPS) is 20.4. The topological polar surface area (TPSA) is 84.9 Å². The van der Waals surface area contributed by atoms with Gasteiger partial charge in [-0.2, -0.15) is 0 Å². The summed E-state index contributed by atoms with van der Waals surface area (Å²) in [7, 11) is 0. The number of carboxylic acids is 1. The average molecular weight is 369 g/mol. The molecule has 27 heavy (non-hydrogen) atoms. The van der Waals surface area contributed by atoms with E-state index >= 15 is 0 Å². The van der Waals surface area contributed by atoms with Crippen LogP contribution in [0.2, 0.25) is 0 Å². The Morgan fingerprint density at radius 2 is 1.63 bits per heavy atom. The molecule has 1 aliphatic rings. The zero-order valence-electron chi connectivity index (χ0n) is 15.3. The number of ether oxygens (including phenoxy) is 2. The molecule has 6 heteroatoms. The van der Waals surface area contributed by atoms with E-state index in [2.05, 4.69) is 5.32 Å². The molecule has 3 atom stereocenters. The number of carbonyl (C=O) groups excluding carboxylic acids is 1. The zero-order chi connectivity index (χ0) is 19.4. The van der Waals surface area contributed by atoms with Crippen LogP contribution in [0.4, 0.5) is 0 Å². The average Bonchev–Trinajstić information content (AvgIpc) is 2.68. The first kappa shape index (κ1) is 18.8. The Morgan fingerprint density at radius 3 is 2.22 bits per heavy atom.